The summed E-state index contributed by atoms with van der Waals surface area (Å²) < 4.78 is 0. The van der Waals surface area contributed by atoms with Gasteiger partial charge in [-0.3, -0.25) is 4.79 Å². The molecule has 84 valence electrons. The van der Waals surface area contributed by atoms with Crippen LogP contribution in [0.1, 0.15) is 12.0 Å². The van der Waals surface area contributed by atoms with E-state index in [4.69, 9.17) is 0 Å². The van der Waals surface area contributed by atoms with Gasteiger partial charge in [0.15, 0.2) is 0 Å². The summed E-state index contributed by atoms with van der Waals surface area (Å²) in [5.41, 5.74) is 4.30. The SMILES string of the molecule is C[Si](C)(C)C#CC(=O)CCc1ccccc1. The minimum absolute atomic E-state index is 0.0614. The summed E-state index contributed by atoms with van der Waals surface area (Å²) in [4.78, 5) is 11.5. The highest BCUT2D eigenvalue weighted by molar-refractivity contribution is 6.84. The minimum atomic E-state index is -1.41. The maximum atomic E-state index is 11.5. The molecule has 2 heteroatoms. The molecule has 0 atom stereocenters. The van der Waals surface area contributed by atoms with E-state index in [0.717, 1.165) is 6.42 Å². The standard InChI is InChI=1S/C14H18OSi/c1-16(2,3)12-11-14(15)10-9-13-7-5-4-6-8-13/h4-8H,9-10H2,1-3H3. The predicted octanol–water partition coefficient (Wildman–Crippen LogP) is 3.07. The van der Waals surface area contributed by atoms with Gasteiger partial charge in [-0.05, 0) is 17.9 Å². The lowest BCUT2D eigenvalue weighted by Crippen LogP contribution is -2.17. The van der Waals surface area contributed by atoms with Crippen molar-refractivity contribution in [3.05, 3.63) is 35.9 Å². The fraction of sp³-hybridized carbons (Fsp3) is 0.357. The van der Waals surface area contributed by atoms with Gasteiger partial charge in [0.25, 0.3) is 0 Å². The second-order valence-corrected chi connectivity index (χ2v) is 9.66. The fourth-order valence-corrected chi connectivity index (χ4v) is 1.74. The molecule has 0 radical (unpaired) electrons. The van der Waals surface area contributed by atoms with Crippen molar-refractivity contribution < 1.29 is 4.79 Å². The minimum Gasteiger partial charge on any atom is -0.285 e. The van der Waals surface area contributed by atoms with Crippen molar-refractivity contribution in [2.75, 3.05) is 0 Å². The van der Waals surface area contributed by atoms with Gasteiger partial charge in [0.2, 0.25) is 5.78 Å². The Balaban J connectivity index is 2.45. The van der Waals surface area contributed by atoms with E-state index < -0.39 is 8.07 Å². The van der Waals surface area contributed by atoms with E-state index >= 15 is 0 Å². The molecule has 0 N–H and O–H groups in total. The van der Waals surface area contributed by atoms with Gasteiger partial charge >= 0.3 is 0 Å². The summed E-state index contributed by atoms with van der Waals surface area (Å²) in [5.74, 6) is 2.83. The van der Waals surface area contributed by atoms with Gasteiger partial charge in [-0.1, -0.05) is 50.0 Å². The molecule has 0 saturated heterocycles. The molecule has 16 heavy (non-hydrogen) atoms. The summed E-state index contributed by atoms with van der Waals surface area (Å²) in [6, 6.07) is 10.1. The number of hydrogen-bond donors (Lipinski definition) is 0. The molecular weight excluding hydrogens is 212 g/mol. The Labute approximate surface area is 98.9 Å². The first-order valence-corrected chi connectivity index (χ1v) is 9.07. The number of aryl methyl sites for hydroxylation is 1. The largest absolute Gasteiger partial charge is 0.285 e. The topological polar surface area (TPSA) is 17.1 Å². The lowest BCUT2D eigenvalue weighted by Gasteiger charge is -2.03. The molecule has 0 bridgehead atoms. The maximum absolute atomic E-state index is 11.5. The van der Waals surface area contributed by atoms with Crippen LogP contribution in [0.3, 0.4) is 0 Å². The first-order chi connectivity index (χ1) is 7.47. The number of carbonyl (C=O) groups excluding carboxylic acids is 1. The predicted molar refractivity (Wildman–Crippen MR) is 70.9 cm³/mol. The number of ketones is 1. The molecule has 0 fully saturated rings. The van der Waals surface area contributed by atoms with Crippen molar-refractivity contribution >= 4 is 13.9 Å². The second-order valence-electron chi connectivity index (χ2n) is 4.91. The molecule has 0 aliphatic heterocycles. The van der Waals surface area contributed by atoms with Gasteiger partial charge in [0.05, 0.1) is 0 Å². The third-order valence-corrected chi connectivity index (χ3v) is 2.94. The van der Waals surface area contributed by atoms with Crippen molar-refractivity contribution in [3.8, 4) is 11.5 Å². The Morgan fingerprint density at radius 1 is 1.19 bits per heavy atom. The molecule has 0 saturated carbocycles. The average molecular weight is 230 g/mol. The monoisotopic (exact) mass is 230 g/mol. The van der Waals surface area contributed by atoms with E-state index in [1.807, 2.05) is 30.3 Å². The third-order valence-electron chi connectivity index (χ3n) is 2.06. The molecule has 0 heterocycles. The van der Waals surface area contributed by atoms with Crippen molar-refractivity contribution in [2.24, 2.45) is 0 Å². The van der Waals surface area contributed by atoms with Gasteiger partial charge in [0, 0.05) is 6.42 Å². The number of rotatable bonds is 3. The van der Waals surface area contributed by atoms with Crippen LogP contribution in [0.15, 0.2) is 30.3 Å². The lowest BCUT2D eigenvalue weighted by molar-refractivity contribution is -0.113. The normalized spacial score (nSPS) is 10.4. The Hall–Kier alpha value is -1.33. The van der Waals surface area contributed by atoms with E-state index in [-0.39, 0.29) is 5.78 Å². The Morgan fingerprint density at radius 3 is 2.38 bits per heavy atom. The van der Waals surface area contributed by atoms with Gasteiger partial charge in [-0.15, -0.1) is 5.54 Å². The van der Waals surface area contributed by atoms with Crippen molar-refractivity contribution in [1.82, 2.24) is 0 Å². The Morgan fingerprint density at radius 2 is 1.81 bits per heavy atom. The van der Waals surface area contributed by atoms with Gasteiger partial charge in [-0.25, -0.2) is 0 Å². The molecule has 0 aliphatic carbocycles. The van der Waals surface area contributed by atoms with Crippen LogP contribution < -0.4 is 0 Å². The van der Waals surface area contributed by atoms with E-state index in [9.17, 15) is 4.79 Å². The van der Waals surface area contributed by atoms with Crippen molar-refractivity contribution in [1.29, 1.82) is 0 Å². The van der Waals surface area contributed by atoms with Crippen LogP contribution in [-0.2, 0) is 11.2 Å². The maximum Gasteiger partial charge on any atom is 0.205 e. The van der Waals surface area contributed by atoms with E-state index in [0.29, 0.717) is 6.42 Å². The molecule has 1 rings (SSSR count). The third kappa shape index (κ3) is 5.52. The Bertz CT molecular complexity index is 404. The van der Waals surface area contributed by atoms with Crippen molar-refractivity contribution in [3.63, 3.8) is 0 Å². The number of benzene rings is 1. The summed E-state index contributed by atoms with van der Waals surface area (Å²) >= 11 is 0. The highest BCUT2D eigenvalue weighted by Gasteiger charge is 2.08. The van der Waals surface area contributed by atoms with E-state index in [1.54, 1.807) is 0 Å². The molecule has 1 aromatic rings. The van der Waals surface area contributed by atoms with Crippen LogP contribution in [0.4, 0.5) is 0 Å². The van der Waals surface area contributed by atoms with Crippen LogP contribution in [0, 0.1) is 11.5 Å². The van der Waals surface area contributed by atoms with Crippen LogP contribution in [0.2, 0.25) is 19.6 Å². The van der Waals surface area contributed by atoms with Crippen LogP contribution in [0.25, 0.3) is 0 Å². The molecule has 0 spiro atoms. The van der Waals surface area contributed by atoms with Crippen LogP contribution >= 0.6 is 0 Å². The highest BCUT2D eigenvalue weighted by Crippen LogP contribution is 2.03. The lowest BCUT2D eigenvalue weighted by atomic mass is 10.1. The van der Waals surface area contributed by atoms with E-state index in [2.05, 4.69) is 31.1 Å². The number of hydrogen-bond acceptors (Lipinski definition) is 1. The summed E-state index contributed by atoms with van der Waals surface area (Å²) in [6.45, 7) is 6.43. The number of carbonyl (C=O) groups is 1. The second kappa shape index (κ2) is 5.67. The zero-order valence-electron chi connectivity index (χ0n) is 10.2. The van der Waals surface area contributed by atoms with Gasteiger partial charge in [-0.2, -0.15) is 0 Å². The summed E-state index contributed by atoms with van der Waals surface area (Å²) in [5, 5.41) is 0. The molecule has 0 amide bonds. The van der Waals surface area contributed by atoms with Crippen LogP contribution in [-0.4, -0.2) is 13.9 Å². The van der Waals surface area contributed by atoms with E-state index in [1.165, 1.54) is 5.56 Å². The fourth-order valence-electron chi connectivity index (χ4n) is 1.22. The molecular formula is C14H18OSi. The first-order valence-electron chi connectivity index (χ1n) is 5.57. The summed E-state index contributed by atoms with van der Waals surface area (Å²) in [6.07, 6.45) is 1.32. The molecule has 0 unspecified atom stereocenters. The summed E-state index contributed by atoms with van der Waals surface area (Å²) in [7, 11) is -1.41. The first kappa shape index (κ1) is 12.7. The highest BCUT2D eigenvalue weighted by atomic mass is 28.3. The smallest absolute Gasteiger partial charge is 0.205 e. The molecule has 0 aromatic heterocycles. The van der Waals surface area contributed by atoms with Gasteiger partial charge < -0.3 is 0 Å². The van der Waals surface area contributed by atoms with Crippen molar-refractivity contribution in [2.45, 2.75) is 32.5 Å². The van der Waals surface area contributed by atoms with Gasteiger partial charge in [0.1, 0.15) is 8.07 Å². The van der Waals surface area contributed by atoms with Crippen LogP contribution in [0.5, 0.6) is 0 Å². The average Bonchev–Trinajstić information content (AvgIpc) is 2.24. The number of Topliss-reactive ketones (excluding diaryl/α,β-unsaturated/α-hetero) is 1. The zero-order chi connectivity index (χ0) is 12.0. The zero-order valence-corrected chi connectivity index (χ0v) is 11.2. The molecule has 1 nitrogen and oxygen atoms in total. The molecule has 1 aromatic carbocycles. The quantitative estimate of drug-likeness (QED) is 0.576. The Kier molecular flexibility index (Phi) is 4.51. The molecule has 0 aliphatic rings.